The molecular weight excluding hydrogens is 256 g/mol. The van der Waals surface area contributed by atoms with E-state index in [2.05, 4.69) is 20.1 Å². The quantitative estimate of drug-likeness (QED) is 0.438. The van der Waals surface area contributed by atoms with Crippen molar-refractivity contribution in [1.82, 2.24) is 15.1 Å². The number of hydrogen-bond acceptors (Lipinski definition) is 4. The summed E-state index contributed by atoms with van der Waals surface area (Å²) in [7, 11) is 3.60. The highest BCUT2D eigenvalue weighted by molar-refractivity contribution is 5.80. The summed E-state index contributed by atoms with van der Waals surface area (Å²) < 4.78 is 10.5. The fourth-order valence-corrected chi connectivity index (χ4v) is 2.92. The van der Waals surface area contributed by atoms with E-state index in [4.69, 9.17) is 9.47 Å². The molecule has 0 aromatic heterocycles. The molecule has 0 spiro atoms. The highest BCUT2D eigenvalue weighted by atomic mass is 16.5. The SMILES string of the molecule is CN=C(NCCCOC)N1CCC(N2CCOCC2)C1. The van der Waals surface area contributed by atoms with Crippen LogP contribution in [0.5, 0.6) is 0 Å². The van der Waals surface area contributed by atoms with Gasteiger partial charge < -0.3 is 19.7 Å². The molecule has 2 aliphatic heterocycles. The minimum Gasteiger partial charge on any atom is -0.385 e. The van der Waals surface area contributed by atoms with Crippen LogP contribution in [0.4, 0.5) is 0 Å². The van der Waals surface area contributed by atoms with E-state index < -0.39 is 0 Å². The Labute approximate surface area is 122 Å². The van der Waals surface area contributed by atoms with Gasteiger partial charge in [-0.2, -0.15) is 0 Å². The number of morpholine rings is 1. The predicted octanol–water partition coefficient (Wildman–Crippen LogP) is 0.00480. The van der Waals surface area contributed by atoms with Crippen LogP contribution in [0.25, 0.3) is 0 Å². The van der Waals surface area contributed by atoms with E-state index in [0.717, 1.165) is 64.9 Å². The van der Waals surface area contributed by atoms with Crippen molar-refractivity contribution in [3.8, 4) is 0 Å². The molecule has 0 amide bonds. The molecule has 0 aliphatic carbocycles. The molecule has 2 aliphatic rings. The van der Waals surface area contributed by atoms with E-state index in [9.17, 15) is 0 Å². The molecule has 0 saturated carbocycles. The third-order valence-electron chi connectivity index (χ3n) is 4.05. The highest BCUT2D eigenvalue weighted by Crippen LogP contribution is 2.16. The summed E-state index contributed by atoms with van der Waals surface area (Å²) in [5.74, 6) is 1.02. The van der Waals surface area contributed by atoms with Gasteiger partial charge in [-0.3, -0.25) is 9.89 Å². The Morgan fingerprint density at radius 3 is 2.85 bits per heavy atom. The summed E-state index contributed by atoms with van der Waals surface area (Å²) in [4.78, 5) is 9.32. The lowest BCUT2D eigenvalue weighted by atomic mass is 10.2. The molecule has 2 heterocycles. The molecular formula is C14H28N4O2. The minimum atomic E-state index is 0.649. The Morgan fingerprint density at radius 1 is 1.35 bits per heavy atom. The first-order chi connectivity index (χ1) is 9.85. The van der Waals surface area contributed by atoms with Gasteiger partial charge >= 0.3 is 0 Å². The van der Waals surface area contributed by atoms with Gasteiger partial charge in [0.15, 0.2) is 5.96 Å². The second-order valence-electron chi connectivity index (χ2n) is 5.36. The summed E-state index contributed by atoms with van der Waals surface area (Å²) >= 11 is 0. The van der Waals surface area contributed by atoms with Gasteiger partial charge in [-0.15, -0.1) is 0 Å². The Kier molecular flexibility index (Phi) is 6.56. The fourth-order valence-electron chi connectivity index (χ4n) is 2.92. The number of aliphatic imine (C=N–C) groups is 1. The molecule has 0 radical (unpaired) electrons. The highest BCUT2D eigenvalue weighted by Gasteiger charge is 2.29. The molecule has 0 bridgehead atoms. The number of rotatable bonds is 5. The summed E-state index contributed by atoms with van der Waals surface area (Å²) in [6, 6.07) is 0.649. The molecule has 2 saturated heterocycles. The van der Waals surface area contributed by atoms with Crippen molar-refractivity contribution in [2.24, 2.45) is 4.99 Å². The predicted molar refractivity (Wildman–Crippen MR) is 80.2 cm³/mol. The number of likely N-dealkylation sites (tertiary alicyclic amines) is 1. The van der Waals surface area contributed by atoms with Crippen LogP contribution in [0.1, 0.15) is 12.8 Å². The third kappa shape index (κ3) is 4.33. The van der Waals surface area contributed by atoms with E-state index in [-0.39, 0.29) is 0 Å². The average molecular weight is 284 g/mol. The molecule has 2 fully saturated rings. The molecule has 20 heavy (non-hydrogen) atoms. The summed E-state index contributed by atoms with van der Waals surface area (Å²) in [6.45, 7) is 7.76. The maximum Gasteiger partial charge on any atom is 0.193 e. The van der Waals surface area contributed by atoms with Crippen molar-refractivity contribution in [2.75, 3.05) is 66.7 Å². The standard InChI is InChI=1S/C14H28N4O2/c1-15-14(16-5-3-9-19-2)18-6-4-13(12-18)17-7-10-20-11-8-17/h13H,3-12H2,1-2H3,(H,15,16). The van der Waals surface area contributed by atoms with Gasteiger partial charge in [0.1, 0.15) is 0 Å². The molecule has 1 N–H and O–H groups in total. The third-order valence-corrected chi connectivity index (χ3v) is 4.05. The van der Waals surface area contributed by atoms with Crippen molar-refractivity contribution < 1.29 is 9.47 Å². The van der Waals surface area contributed by atoms with Crippen LogP contribution in [0.3, 0.4) is 0 Å². The second-order valence-corrected chi connectivity index (χ2v) is 5.36. The van der Waals surface area contributed by atoms with E-state index in [1.165, 1.54) is 6.42 Å². The zero-order valence-electron chi connectivity index (χ0n) is 12.8. The van der Waals surface area contributed by atoms with Crippen molar-refractivity contribution in [2.45, 2.75) is 18.9 Å². The minimum absolute atomic E-state index is 0.649. The van der Waals surface area contributed by atoms with Crippen LogP contribution < -0.4 is 5.32 Å². The van der Waals surface area contributed by atoms with Crippen molar-refractivity contribution in [3.05, 3.63) is 0 Å². The Balaban J connectivity index is 1.74. The zero-order chi connectivity index (χ0) is 14.2. The van der Waals surface area contributed by atoms with Gasteiger partial charge in [-0.05, 0) is 12.8 Å². The van der Waals surface area contributed by atoms with Gasteiger partial charge in [0.25, 0.3) is 0 Å². The first kappa shape index (κ1) is 15.5. The van der Waals surface area contributed by atoms with Crippen LogP contribution >= 0.6 is 0 Å². The molecule has 0 aromatic carbocycles. The molecule has 116 valence electrons. The fraction of sp³-hybridized carbons (Fsp3) is 0.929. The van der Waals surface area contributed by atoms with Gasteiger partial charge in [-0.25, -0.2) is 0 Å². The number of ether oxygens (including phenoxy) is 2. The Bertz CT molecular complexity index is 306. The number of hydrogen-bond donors (Lipinski definition) is 1. The van der Waals surface area contributed by atoms with Gasteiger partial charge in [0.05, 0.1) is 13.2 Å². The van der Waals surface area contributed by atoms with Crippen molar-refractivity contribution in [1.29, 1.82) is 0 Å². The van der Waals surface area contributed by atoms with E-state index in [0.29, 0.717) is 6.04 Å². The van der Waals surface area contributed by atoms with Crippen LogP contribution in [0, 0.1) is 0 Å². The van der Waals surface area contributed by atoms with E-state index >= 15 is 0 Å². The second kappa shape index (κ2) is 8.44. The normalized spacial score (nSPS) is 25.2. The number of nitrogens with one attached hydrogen (secondary N) is 1. The van der Waals surface area contributed by atoms with Crippen LogP contribution in [0.15, 0.2) is 4.99 Å². The summed E-state index contributed by atoms with van der Waals surface area (Å²) in [5, 5.41) is 3.42. The molecule has 1 unspecified atom stereocenters. The number of guanidine groups is 1. The maximum absolute atomic E-state index is 5.43. The smallest absolute Gasteiger partial charge is 0.193 e. The number of methoxy groups -OCH3 is 1. The Hall–Kier alpha value is -0.850. The van der Waals surface area contributed by atoms with Crippen molar-refractivity contribution >= 4 is 5.96 Å². The molecule has 6 heteroatoms. The van der Waals surface area contributed by atoms with Crippen LogP contribution in [0.2, 0.25) is 0 Å². The van der Waals surface area contributed by atoms with E-state index in [1.807, 2.05) is 7.05 Å². The zero-order valence-corrected chi connectivity index (χ0v) is 12.8. The lowest BCUT2D eigenvalue weighted by Gasteiger charge is -2.32. The number of nitrogens with zero attached hydrogens (tertiary/aromatic N) is 3. The summed E-state index contributed by atoms with van der Waals surface area (Å²) in [5.41, 5.74) is 0. The maximum atomic E-state index is 5.43. The monoisotopic (exact) mass is 284 g/mol. The largest absolute Gasteiger partial charge is 0.385 e. The van der Waals surface area contributed by atoms with E-state index in [1.54, 1.807) is 7.11 Å². The molecule has 1 atom stereocenters. The van der Waals surface area contributed by atoms with Gasteiger partial charge in [0.2, 0.25) is 0 Å². The lowest BCUT2D eigenvalue weighted by molar-refractivity contribution is 0.0195. The first-order valence-electron chi connectivity index (χ1n) is 7.61. The molecule has 6 nitrogen and oxygen atoms in total. The van der Waals surface area contributed by atoms with Crippen LogP contribution in [-0.2, 0) is 9.47 Å². The van der Waals surface area contributed by atoms with Crippen LogP contribution in [-0.4, -0.2) is 88.5 Å². The Morgan fingerprint density at radius 2 is 2.15 bits per heavy atom. The molecule has 0 aromatic rings. The average Bonchev–Trinajstić information content (AvgIpc) is 2.98. The first-order valence-corrected chi connectivity index (χ1v) is 7.61. The molecule has 2 rings (SSSR count). The lowest BCUT2D eigenvalue weighted by Crippen LogP contribution is -2.46. The van der Waals surface area contributed by atoms with Crippen molar-refractivity contribution in [3.63, 3.8) is 0 Å². The topological polar surface area (TPSA) is 49.3 Å². The summed E-state index contributed by atoms with van der Waals surface area (Å²) in [6.07, 6.45) is 2.23. The van der Waals surface area contributed by atoms with Gasteiger partial charge in [0, 0.05) is 59.5 Å². The van der Waals surface area contributed by atoms with Gasteiger partial charge in [-0.1, -0.05) is 0 Å².